The van der Waals surface area contributed by atoms with Gasteiger partial charge in [0.1, 0.15) is 30.2 Å². The smallest absolute Gasteiger partial charge is 0.342 e. The molecule has 0 fully saturated rings. The summed E-state index contributed by atoms with van der Waals surface area (Å²) < 4.78 is 41.3. The van der Waals surface area contributed by atoms with Crippen LogP contribution in [0.4, 0.5) is 5.82 Å². The van der Waals surface area contributed by atoms with Gasteiger partial charge in [0.25, 0.3) is 0 Å². The van der Waals surface area contributed by atoms with Gasteiger partial charge in [0.2, 0.25) is 6.79 Å². The quantitative estimate of drug-likeness (QED) is 0.202. The van der Waals surface area contributed by atoms with E-state index in [0.717, 1.165) is 0 Å². The molecule has 4 rings (SSSR count). The zero-order valence-electron chi connectivity index (χ0n) is 22.5. The summed E-state index contributed by atoms with van der Waals surface area (Å²) in [5, 5.41) is 2.60. The van der Waals surface area contributed by atoms with Crippen molar-refractivity contribution in [1.82, 2.24) is 24.6 Å². The van der Waals surface area contributed by atoms with Crippen molar-refractivity contribution in [1.29, 1.82) is 0 Å². The lowest BCUT2D eigenvalue weighted by Gasteiger charge is -2.20. The zero-order valence-corrected chi connectivity index (χ0v) is 23.3. The van der Waals surface area contributed by atoms with Gasteiger partial charge in [-0.1, -0.05) is 20.3 Å². The van der Waals surface area contributed by atoms with Crippen LogP contribution in [0.1, 0.15) is 34.1 Å². The number of carbonyl (C=O) groups excluding carboxylic acids is 1. The van der Waals surface area contributed by atoms with E-state index >= 15 is 0 Å². The van der Waals surface area contributed by atoms with Crippen molar-refractivity contribution in [3.8, 4) is 17.2 Å². The molecule has 1 aliphatic rings. The molecule has 0 saturated carbocycles. The topological polar surface area (TPSA) is 162 Å². The Kier molecular flexibility index (Phi) is 12.9. The molecule has 0 aliphatic carbocycles. The van der Waals surface area contributed by atoms with E-state index in [0.29, 0.717) is 53.2 Å². The first-order valence-electron chi connectivity index (χ1n) is 12.2. The number of aldehydes is 1. The van der Waals surface area contributed by atoms with Gasteiger partial charge in [0.05, 0.1) is 25.6 Å². The Labute approximate surface area is 222 Å². The normalized spacial score (nSPS) is 13.2. The van der Waals surface area contributed by atoms with Crippen LogP contribution in [-0.2, 0) is 25.4 Å². The fourth-order valence-corrected chi connectivity index (χ4v) is 4.18. The maximum atomic E-state index is 13.1. The van der Waals surface area contributed by atoms with Crippen LogP contribution >= 0.6 is 7.52 Å². The molecule has 0 amide bonds. The number of benzene rings is 1. The average Bonchev–Trinajstić information content (AvgIpc) is 3.54. The lowest BCUT2D eigenvalue weighted by Crippen LogP contribution is -2.21. The number of hydrogen-bond acceptors (Lipinski definition) is 11. The SMILES string of the molecule is CCC.COC(C)C.Nc1ncnc2c1ncn2CCOCP(=O)(NCC=O)Oc1ccc2c(c1)OCO2. The number of nitrogens with one attached hydrogen (secondary N) is 1. The lowest BCUT2D eigenvalue weighted by molar-refractivity contribution is -0.106. The second-order valence-electron chi connectivity index (χ2n) is 8.21. The third-order valence-electron chi connectivity index (χ3n) is 4.65. The van der Waals surface area contributed by atoms with E-state index in [1.807, 2.05) is 13.8 Å². The molecular formula is C24H37N6O7P. The summed E-state index contributed by atoms with van der Waals surface area (Å²) >= 11 is 0. The molecule has 13 nitrogen and oxygen atoms in total. The maximum absolute atomic E-state index is 13.1. The first-order chi connectivity index (χ1) is 18.3. The fraction of sp³-hybridized carbons (Fsp3) is 0.500. The molecule has 3 heterocycles. The third-order valence-corrected chi connectivity index (χ3v) is 6.34. The van der Waals surface area contributed by atoms with Gasteiger partial charge in [-0.3, -0.25) is 4.57 Å². The average molecular weight is 553 g/mol. The Morgan fingerprint density at radius 3 is 2.61 bits per heavy atom. The van der Waals surface area contributed by atoms with Gasteiger partial charge in [-0.2, -0.15) is 0 Å². The summed E-state index contributed by atoms with van der Waals surface area (Å²) in [6.07, 6.45) is 4.91. The second-order valence-corrected chi connectivity index (χ2v) is 10.3. The van der Waals surface area contributed by atoms with E-state index in [1.54, 1.807) is 36.2 Å². The van der Waals surface area contributed by atoms with Crippen LogP contribution < -0.4 is 24.8 Å². The monoisotopic (exact) mass is 552 g/mol. The molecular weight excluding hydrogens is 515 g/mol. The minimum atomic E-state index is -3.52. The standard InChI is InChI=1S/C17H19N6O6P.C4H10O.C3H8/c18-16-15-17(20-8-19-16)23(9-21-15)4-6-26-11-30(25,22-3-5-24)29-12-1-2-13-14(7-12)28-10-27-13;1-4(2)5-3;1-3-2/h1-2,5,7-9H,3-4,6,10-11H2,(H,22,25)(H2,18,19,20);4H,1-3H3;3H2,1-2H3. The van der Waals surface area contributed by atoms with Crippen molar-refractivity contribution < 1.29 is 32.8 Å². The zero-order chi connectivity index (χ0) is 28.0. The molecule has 0 spiro atoms. The number of hydrogen-bond donors (Lipinski definition) is 2. The minimum absolute atomic E-state index is 0.114. The molecule has 2 aromatic heterocycles. The summed E-state index contributed by atoms with van der Waals surface area (Å²) in [4.78, 5) is 23.0. The molecule has 1 aromatic carbocycles. The number of nitrogen functional groups attached to an aromatic ring is 1. The highest BCUT2D eigenvalue weighted by Gasteiger charge is 2.26. The Hall–Kier alpha value is -3.25. The summed E-state index contributed by atoms with van der Waals surface area (Å²) in [6.45, 7) is 8.81. The van der Waals surface area contributed by atoms with Crippen LogP contribution in [-0.4, -0.2) is 65.3 Å². The molecule has 1 unspecified atom stereocenters. The number of ether oxygens (including phenoxy) is 4. The number of anilines is 1. The third kappa shape index (κ3) is 9.56. The van der Waals surface area contributed by atoms with E-state index in [4.69, 9.17) is 29.2 Å². The van der Waals surface area contributed by atoms with E-state index in [-0.39, 0.29) is 26.3 Å². The van der Waals surface area contributed by atoms with Gasteiger partial charge >= 0.3 is 7.52 Å². The van der Waals surface area contributed by atoms with Crippen molar-refractivity contribution in [3.05, 3.63) is 30.9 Å². The fourth-order valence-electron chi connectivity index (χ4n) is 2.79. The Bertz CT molecular complexity index is 1190. The van der Waals surface area contributed by atoms with Gasteiger partial charge in [0, 0.05) is 19.7 Å². The molecule has 3 N–H and O–H groups in total. The number of methoxy groups -OCH3 is 1. The van der Waals surface area contributed by atoms with Crippen LogP contribution in [0.25, 0.3) is 11.2 Å². The summed E-state index contributed by atoms with van der Waals surface area (Å²) in [5.41, 5.74) is 6.85. The molecule has 38 heavy (non-hydrogen) atoms. The van der Waals surface area contributed by atoms with Gasteiger partial charge in [-0.25, -0.2) is 20.0 Å². The van der Waals surface area contributed by atoms with Crippen LogP contribution in [0, 0.1) is 0 Å². The van der Waals surface area contributed by atoms with Crippen molar-refractivity contribution in [2.75, 3.05) is 39.1 Å². The molecule has 3 aromatic rings. The molecule has 0 radical (unpaired) electrons. The summed E-state index contributed by atoms with van der Waals surface area (Å²) in [5.74, 6) is 1.66. The number of nitrogens with two attached hydrogens (primary N) is 1. The Balaban J connectivity index is 0.000000559. The van der Waals surface area contributed by atoms with Gasteiger partial charge < -0.3 is 38.6 Å². The van der Waals surface area contributed by atoms with E-state index in [2.05, 4.69) is 33.9 Å². The summed E-state index contributed by atoms with van der Waals surface area (Å²) in [7, 11) is -1.82. The Morgan fingerprint density at radius 2 is 1.92 bits per heavy atom. The van der Waals surface area contributed by atoms with Gasteiger partial charge in [-0.05, 0) is 26.0 Å². The van der Waals surface area contributed by atoms with E-state index in [9.17, 15) is 9.36 Å². The van der Waals surface area contributed by atoms with Crippen molar-refractivity contribution in [2.45, 2.75) is 46.8 Å². The Morgan fingerprint density at radius 1 is 1.21 bits per heavy atom. The van der Waals surface area contributed by atoms with Crippen LogP contribution in [0.15, 0.2) is 30.9 Å². The van der Waals surface area contributed by atoms with E-state index < -0.39 is 7.52 Å². The molecule has 210 valence electrons. The first kappa shape index (κ1) is 31.0. The highest BCUT2D eigenvalue weighted by atomic mass is 31.2. The van der Waals surface area contributed by atoms with Crippen LogP contribution in [0.2, 0.25) is 0 Å². The van der Waals surface area contributed by atoms with Crippen LogP contribution in [0.5, 0.6) is 17.2 Å². The van der Waals surface area contributed by atoms with Crippen LogP contribution in [0.3, 0.4) is 0 Å². The van der Waals surface area contributed by atoms with Crippen molar-refractivity contribution in [2.24, 2.45) is 0 Å². The molecule has 0 bridgehead atoms. The van der Waals surface area contributed by atoms with Gasteiger partial charge in [0.15, 0.2) is 23.0 Å². The number of carbonyl (C=O) groups is 1. The number of imidazole rings is 1. The predicted octanol–water partition coefficient (Wildman–Crippen LogP) is 3.63. The first-order valence-corrected chi connectivity index (χ1v) is 14.0. The maximum Gasteiger partial charge on any atom is 0.342 e. The van der Waals surface area contributed by atoms with Crippen molar-refractivity contribution >= 4 is 30.8 Å². The van der Waals surface area contributed by atoms with E-state index in [1.165, 1.54) is 12.7 Å². The number of aromatic nitrogens is 4. The second kappa shape index (κ2) is 15.9. The molecule has 0 saturated heterocycles. The largest absolute Gasteiger partial charge is 0.454 e. The number of rotatable bonds is 11. The lowest BCUT2D eigenvalue weighted by atomic mass is 10.3. The molecule has 1 aliphatic heterocycles. The number of nitrogens with zero attached hydrogens (tertiary/aromatic N) is 4. The van der Waals surface area contributed by atoms with Crippen molar-refractivity contribution in [3.63, 3.8) is 0 Å². The predicted molar refractivity (Wildman–Crippen MR) is 144 cm³/mol. The minimum Gasteiger partial charge on any atom is -0.454 e. The number of fused-ring (bicyclic) bond motifs is 2. The molecule has 14 heteroatoms. The van der Waals surface area contributed by atoms with Gasteiger partial charge in [-0.15, -0.1) is 0 Å². The summed E-state index contributed by atoms with van der Waals surface area (Å²) in [6, 6.07) is 4.82. The molecule has 1 atom stereocenters. The highest BCUT2D eigenvalue weighted by Crippen LogP contribution is 2.45. The highest BCUT2D eigenvalue weighted by molar-refractivity contribution is 7.57.